The molecule has 0 fully saturated rings. The van der Waals surface area contributed by atoms with Crippen LogP contribution in [-0.2, 0) is 0 Å². The van der Waals surface area contributed by atoms with Crippen molar-refractivity contribution in [3.05, 3.63) is 64.2 Å². The molecule has 1 N–H and O–H groups in total. The third kappa shape index (κ3) is 3.67. The first-order valence-corrected chi connectivity index (χ1v) is 7.45. The van der Waals surface area contributed by atoms with Crippen molar-refractivity contribution in [3.8, 4) is 0 Å². The van der Waals surface area contributed by atoms with Gasteiger partial charge in [0.05, 0.1) is 11.7 Å². The van der Waals surface area contributed by atoms with Crippen LogP contribution in [0.3, 0.4) is 0 Å². The summed E-state index contributed by atoms with van der Waals surface area (Å²) in [5, 5.41) is 3.43. The summed E-state index contributed by atoms with van der Waals surface area (Å²) in [6, 6.07) is 7.13. The molecule has 0 aliphatic heterocycles. The molecular formula is C18H23FN2. The minimum Gasteiger partial charge on any atom is -0.305 e. The summed E-state index contributed by atoms with van der Waals surface area (Å²) in [5.41, 5.74) is 4.83. The zero-order valence-electron chi connectivity index (χ0n) is 13.2. The van der Waals surface area contributed by atoms with Crippen molar-refractivity contribution in [3.63, 3.8) is 0 Å². The molecule has 2 nitrogen and oxygen atoms in total. The summed E-state index contributed by atoms with van der Waals surface area (Å²) >= 11 is 0. The summed E-state index contributed by atoms with van der Waals surface area (Å²) in [6.45, 7) is 8.96. The maximum absolute atomic E-state index is 14.3. The molecule has 21 heavy (non-hydrogen) atoms. The second kappa shape index (κ2) is 6.81. The third-order valence-electron chi connectivity index (χ3n) is 3.59. The molecule has 0 saturated heterocycles. The molecule has 0 aliphatic rings. The van der Waals surface area contributed by atoms with Crippen LogP contribution in [0.2, 0.25) is 0 Å². The summed E-state index contributed by atoms with van der Waals surface area (Å²) in [5.74, 6) is -0.184. The van der Waals surface area contributed by atoms with Gasteiger partial charge in [-0.05, 0) is 50.9 Å². The number of hydrogen-bond acceptors (Lipinski definition) is 2. The molecule has 0 amide bonds. The van der Waals surface area contributed by atoms with Gasteiger partial charge in [-0.25, -0.2) is 4.39 Å². The Bertz CT molecular complexity index is 623. The van der Waals surface area contributed by atoms with E-state index in [0.29, 0.717) is 5.56 Å². The van der Waals surface area contributed by atoms with Crippen molar-refractivity contribution in [1.29, 1.82) is 0 Å². The lowest BCUT2D eigenvalue weighted by Gasteiger charge is -2.21. The Balaban J connectivity index is 2.49. The van der Waals surface area contributed by atoms with Crippen LogP contribution in [0.1, 0.15) is 47.3 Å². The lowest BCUT2D eigenvalue weighted by atomic mass is 9.97. The monoisotopic (exact) mass is 286 g/mol. The molecular weight excluding hydrogens is 263 g/mol. The fourth-order valence-electron chi connectivity index (χ4n) is 2.56. The van der Waals surface area contributed by atoms with Crippen LogP contribution in [0.5, 0.6) is 0 Å². The Morgan fingerprint density at radius 2 is 1.90 bits per heavy atom. The van der Waals surface area contributed by atoms with E-state index in [2.05, 4.69) is 23.3 Å². The summed E-state index contributed by atoms with van der Waals surface area (Å²) < 4.78 is 14.3. The molecule has 1 atom stereocenters. The van der Waals surface area contributed by atoms with E-state index in [1.165, 1.54) is 6.07 Å². The van der Waals surface area contributed by atoms with Crippen LogP contribution in [0.25, 0.3) is 0 Å². The van der Waals surface area contributed by atoms with Crippen molar-refractivity contribution in [2.75, 3.05) is 6.54 Å². The number of nitrogens with zero attached hydrogens (tertiary/aromatic N) is 1. The number of rotatable bonds is 5. The van der Waals surface area contributed by atoms with Gasteiger partial charge < -0.3 is 5.32 Å². The standard InChI is InChI=1S/C18H23FN2/c1-5-8-20-18(15-10-12(2)6-7-16(15)19)17-14(4)9-13(3)11-21-17/h6-7,9-11,18,20H,5,8H2,1-4H3. The lowest BCUT2D eigenvalue weighted by Crippen LogP contribution is -2.26. The van der Waals surface area contributed by atoms with Crippen LogP contribution in [0, 0.1) is 26.6 Å². The Morgan fingerprint density at radius 3 is 2.57 bits per heavy atom. The van der Waals surface area contributed by atoms with Crippen molar-refractivity contribution < 1.29 is 4.39 Å². The smallest absolute Gasteiger partial charge is 0.128 e. The van der Waals surface area contributed by atoms with Gasteiger partial charge in [-0.15, -0.1) is 0 Å². The van der Waals surface area contributed by atoms with Gasteiger partial charge in [0.1, 0.15) is 5.82 Å². The fourth-order valence-corrected chi connectivity index (χ4v) is 2.56. The first-order chi connectivity index (χ1) is 10.0. The van der Waals surface area contributed by atoms with E-state index in [1.807, 2.05) is 33.0 Å². The average Bonchev–Trinajstić information content (AvgIpc) is 2.44. The molecule has 1 heterocycles. The zero-order valence-corrected chi connectivity index (χ0v) is 13.2. The van der Waals surface area contributed by atoms with Crippen LogP contribution < -0.4 is 5.32 Å². The number of aromatic nitrogens is 1. The quantitative estimate of drug-likeness (QED) is 0.889. The number of nitrogens with one attached hydrogen (secondary N) is 1. The number of benzene rings is 1. The van der Waals surface area contributed by atoms with Gasteiger partial charge in [0, 0.05) is 11.8 Å². The molecule has 2 aromatic rings. The highest BCUT2D eigenvalue weighted by Gasteiger charge is 2.20. The van der Waals surface area contributed by atoms with Gasteiger partial charge in [0.25, 0.3) is 0 Å². The van der Waals surface area contributed by atoms with Gasteiger partial charge in [-0.1, -0.05) is 30.7 Å². The lowest BCUT2D eigenvalue weighted by molar-refractivity contribution is 0.537. The van der Waals surface area contributed by atoms with Gasteiger partial charge >= 0.3 is 0 Å². The Morgan fingerprint density at radius 1 is 1.14 bits per heavy atom. The van der Waals surface area contributed by atoms with E-state index in [9.17, 15) is 4.39 Å². The minimum absolute atomic E-state index is 0.184. The van der Waals surface area contributed by atoms with Gasteiger partial charge in [0.2, 0.25) is 0 Å². The molecule has 3 heteroatoms. The highest BCUT2D eigenvalue weighted by Crippen LogP contribution is 2.26. The van der Waals surface area contributed by atoms with Crippen LogP contribution in [0.15, 0.2) is 30.5 Å². The molecule has 112 valence electrons. The van der Waals surface area contributed by atoms with Gasteiger partial charge in [0.15, 0.2) is 0 Å². The number of pyridine rings is 1. The van der Waals surface area contributed by atoms with Crippen molar-refractivity contribution in [1.82, 2.24) is 10.3 Å². The molecule has 2 rings (SSSR count). The Labute approximate surface area is 126 Å². The molecule has 0 bridgehead atoms. The zero-order chi connectivity index (χ0) is 15.4. The first kappa shape index (κ1) is 15.6. The van der Waals surface area contributed by atoms with E-state index in [1.54, 1.807) is 6.07 Å². The summed E-state index contributed by atoms with van der Waals surface area (Å²) in [7, 11) is 0. The van der Waals surface area contributed by atoms with E-state index in [0.717, 1.165) is 35.3 Å². The molecule has 1 unspecified atom stereocenters. The van der Waals surface area contributed by atoms with Crippen LogP contribution in [0.4, 0.5) is 4.39 Å². The maximum atomic E-state index is 14.3. The van der Waals surface area contributed by atoms with Crippen LogP contribution >= 0.6 is 0 Å². The predicted molar refractivity (Wildman–Crippen MR) is 85.0 cm³/mol. The maximum Gasteiger partial charge on any atom is 0.128 e. The molecule has 1 aromatic carbocycles. The molecule has 1 aromatic heterocycles. The fraction of sp³-hybridized carbons (Fsp3) is 0.389. The number of aryl methyl sites for hydroxylation is 3. The van der Waals surface area contributed by atoms with E-state index in [-0.39, 0.29) is 11.9 Å². The Hall–Kier alpha value is -1.74. The molecule has 0 aliphatic carbocycles. The minimum atomic E-state index is -0.203. The predicted octanol–water partition coefficient (Wildman–Crippen LogP) is 4.23. The second-order valence-electron chi connectivity index (χ2n) is 5.63. The number of hydrogen-bond donors (Lipinski definition) is 1. The third-order valence-corrected chi connectivity index (χ3v) is 3.59. The summed E-state index contributed by atoms with van der Waals surface area (Å²) in [4.78, 5) is 4.55. The van der Waals surface area contributed by atoms with E-state index >= 15 is 0 Å². The topological polar surface area (TPSA) is 24.9 Å². The van der Waals surface area contributed by atoms with E-state index in [4.69, 9.17) is 0 Å². The van der Waals surface area contributed by atoms with Crippen molar-refractivity contribution >= 4 is 0 Å². The average molecular weight is 286 g/mol. The van der Waals surface area contributed by atoms with Crippen molar-refractivity contribution in [2.24, 2.45) is 0 Å². The largest absolute Gasteiger partial charge is 0.305 e. The van der Waals surface area contributed by atoms with Gasteiger partial charge in [-0.2, -0.15) is 0 Å². The number of halogens is 1. The normalized spacial score (nSPS) is 12.4. The first-order valence-electron chi connectivity index (χ1n) is 7.45. The summed E-state index contributed by atoms with van der Waals surface area (Å²) in [6.07, 6.45) is 2.84. The second-order valence-corrected chi connectivity index (χ2v) is 5.63. The van der Waals surface area contributed by atoms with Crippen LogP contribution in [-0.4, -0.2) is 11.5 Å². The van der Waals surface area contributed by atoms with Crippen molar-refractivity contribution in [2.45, 2.75) is 40.2 Å². The van der Waals surface area contributed by atoms with Gasteiger partial charge in [-0.3, -0.25) is 4.98 Å². The highest BCUT2D eigenvalue weighted by molar-refractivity contribution is 5.36. The SMILES string of the molecule is CCCNC(c1cc(C)ccc1F)c1ncc(C)cc1C. The van der Waals surface area contributed by atoms with E-state index < -0.39 is 0 Å². The molecule has 0 saturated carbocycles. The molecule has 0 spiro atoms. The molecule has 0 radical (unpaired) electrons. The Kier molecular flexibility index (Phi) is 5.07. The highest BCUT2D eigenvalue weighted by atomic mass is 19.1.